The second kappa shape index (κ2) is 8.33. The van der Waals surface area contributed by atoms with Crippen LogP contribution in [-0.2, 0) is 6.61 Å². The van der Waals surface area contributed by atoms with Crippen molar-refractivity contribution in [2.45, 2.75) is 6.61 Å². The third-order valence-corrected chi connectivity index (χ3v) is 4.78. The molecule has 0 fully saturated rings. The number of halogens is 1. The van der Waals surface area contributed by atoms with Crippen LogP contribution in [0.25, 0.3) is 10.9 Å². The molecule has 0 unspecified atom stereocenters. The highest BCUT2D eigenvalue weighted by atomic mass is 35.5. The van der Waals surface area contributed by atoms with Gasteiger partial charge in [-0.05, 0) is 35.9 Å². The second-order valence-corrected chi connectivity index (χ2v) is 6.74. The normalized spacial score (nSPS) is 10.9. The van der Waals surface area contributed by atoms with Gasteiger partial charge in [0.25, 0.3) is 0 Å². The number of aliphatic hydroxyl groups is 1. The first kappa shape index (κ1) is 18.3. The average molecular weight is 394 g/mol. The minimum atomic E-state index is -0.00338. The SMILES string of the molecule is OCCN(c1ccncc1Cl)n1ccc2cc(OCc3ccccc3)ccc21. The summed E-state index contributed by atoms with van der Waals surface area (Å²) < 4.78 is 7.91. The van der Waals surface area contributed by atoms with Gasteiger partial charge in [0.2, 0.25) is 0 Å². The molecule has 0 bridgehead atoms. The molecule has 0 spiro atoms. The van der Waals surface area contributed by atoms with E-state index in [-0.39, 0.29) is 6.61 Å². The van der Waals surface area contributed by atoms with Crippen molar-refractivity contribution in [3.8, 4) is 5.75 Å². The topological polar surface area (TPSA) is 50.5 Å². The van der Waals surface area contributed by atoms with Gasteiger partial charge in [0, 0.05) is 24.0 Å². The molecule has 0 saturated carbocycles. The molecular weight excluding hydrogens is 374 g/mol. The lowest BCUT2D eigenvalue weighted by molar-refractivity contribution is 0.298. The fourth-order valence-electron chi connectivity index (χ4n) is 3.16. The molecule has 2 heterocycles. The number of ether oxygens (including phenoxy) is 1. The molecule has 0 amide bonds. The Bertz CT molecular complexity index is 1070. The van der Waals surface area contributed by atoms with Crippen LogP contribution in [0.3, 0.4) is 0 Å². The van der Waals surface area contributed by atoms with Gasteiger partial charge in [-0.2, -0.15) is 0 Å². The molecule has 0 aliphatic carbocycles. The monoisotopic (exact) mass is 393 g/mol. The Morgan fingerprint density at radius 2 is 1.93 bits per heavy atom. The van der Waals surface area contributed by atoms with Gasteiger partial charge in [0.05, 0.1) is 29.4 Å². The Kier molecular flexibility index (Phi) is 5.46. The van der Waals surface area contributed by atoms with E-state index in [0.717, 1.165) is 27.9 Å². The van der Waals surface area contributed by atoms with Crippen LogP contribution in [0, 0.1) is 0 Å². The molecule has 6 heteroatoms. The molecule has 2 aromatic heterocycles. The van der Waals surface area contributed by atoms with E-state index in [9.17, 15) is 5.11 Å². The zero-order chi connectivity index (χ0) is 19.3. The van der Waals surface area contributed by atoms with Crippen molar-refractivity contribution in [1.29, 1.82) is 0 Å². The molecule has 142 valence electrons. The van der Waals surface area contributed by atoms with Gasteiger partial charge in [-0.25, -0.2) is 0 Å². The highest BCUT2D eigenvalue weighted by molar-refractivity contribution is 6.33. The Morgan fingerprint density at radius 3 is 2.71 bits per heavy atom. The summed E-state index contributed by atoms with van der Waals surface area (Å²) in [5.74, 6) is 0.810. The first-order chi connectivity index (χ1) is 13.8. The first-order valence-corrected chi connectivity index (χ1v) is 9.40. The Labute approximate surface area is 168 Å². The van der Waals surface area contributed by atoms with E-state index in [1.165, 1.54) is 0 Å². The van der Waals surface area contributed by atoms with Crippen LogP contribution in [0.1, 0.15) is 5.56 Å². The van der Waals surface area contributed by atoms with E-state index in [1.54, 1.807) is 12.4 Å². The number of hydrogen-bond acceptors (Lipinski definition) is 4. The minimum Gasteiger partial charge on any atom is -0.489 e. The van der Waals surface area contributed by atoms with Crippen LogP contribution in [0.2, 0.25) is 5.02 Å². The smallest absolute Gasteiger partial charge is 0.120 e. The van der Waals surface area contributed by atoms with Gasteiger partial charge >= 0.3 is 0 Å². The number of hydrogen-bond donors (Lipinski definition) is 1. The largest absolute Gasteiger partial charge is 0.489 e. The molecule has 2 aromatic carbocycles. The molecule has 0 saturated heterocycles. The van der Waals surface area contributed by atoms with E-state index in [2.05, 4.69) is 4.98 Å². The summed E-state index contributed by atoms with van der Waals surface area (Å²) in [6.45, 7) is 0.923. The standard InChI is InChI=1S/C22H20ClN3O2/c23-20-15-24-10-8-22(20)26(12-13-27)25-11-9-18-14-19(6-7-21(18)25)28-16-17-4-2-1-3-5-17/h1-11,14-15,27H,12-13,16H2. The highest BCUT2D eigenvalue weighted by Gasteiger charge is 2.14. The van der Waals surface area contributed by atoms with Gasteiger partial charge in [0.1, 0.15) is 12.4 Å². The molecule has 28 heavy (non-hydrogen) atoms. The van der Waals surface area contributed by atoms with E-state index in [4.69, 9.17) is 16.3 Å². The van der Waals surface area contributed by atoms with Crippen LogP contribution < -0.4 is 9.75 Å². The maximum Gasteiger partial charge on any atom is 0.120 e. The average Bonchev–Trinajstić information content (AvgIpc) is 3.15. The molecule has 4 aromatic rings. The second-order valence-electron chi connectivity index (χ2n) is 6.33. The lowest BCUT2D eigenvalue weighted by atomic mass is 10.2. The summed E-state index contributed by atoms with van der Waals surface area (Å²) in [5.41, 5.74) is 2.91. The maximum atomic E-state index is 9.55. The molecule has 1 N–H and O–H groups in total. The van der Waals surface area contributed by atoms with E-state index in [1.807, 2.05) is 76.5 Å². The molecule has 5 nitrogen and oxygen atoms in total. The van der Waals surface area contributed by atoms with Crippen molar-refractivity contribution >= 4 is 28.2 Å². The van der Waals surface area contributed by atoms with E-state index < -0.39 is 0 Å². The molecule has 4 rings (SSSR count). The molecule has 0 radical (unpaired) electrons. The Morgan fingerprint density at radius 1 is 1.07 bits per heavy atom. The highest BCUT2D eigenvalue weighted by Crippen LogP contribution is 2.29. The van der Waals surface area contributed by atoms with Gasteiger partial charge < -0.3 is 9.84 Å². The zero-order valence-electron chi connectivity index (χ0n) is 15.2. The fraction of sp³-hybridized carbons (Fsp3) is 0.136. The summed E-state index contributed by atoms with van der Waals surface area (Å²) in [6, 6.07) is 19.9. The van der Waals surface area contributed by atoms with Crippen LogP contribution in [0.5, 0.6) is 5.75 Å². The fourth-order valence-corrected chi connectivity index (χ4v) is 3.38. The van der Waals surface area contributed by atoms with Crippen molar-refractivity contribution in [3.63, 3.8) is 0 Å². The van der Waals surface area contributed by atoms with Crippen molar-refractivity contribution in [1.82, 2.24) is 9.66 Å². The van der Waals surface area contributed by atoms with Gasteiger partial charge in [-0.3, -0.25) is 14.7 Å². The predicted molar refractivity (Wildman–Crippen MR) is 112 cm³/mol. The lowest BCUT2D eigenvalue weighted by Gasteiger charge is -2.27. The number of rotatable bonds is 7. The maximum absolute atomic E-state index is 9.55. The number of fused-ring (bicyclic) bond motifs is 1. The van der Waals surface area contributed by atoms with Crippen molar-refractivity contribution in [2.75, 3.05) is 18.2 Å². The van der Waals surface area contributed by atoms with E-state index in [0.29, 0.717) is 18.2 Å². The lowest BCUT2D eigenvalue weighted by Crippen LogP contribution is -2.31. The Hall–Kier alpha value is -3.02. The van der Waals surface area contributed by atoms with Crippen LogP contribution in [0.15, 0.2) is 79.3 Å². The number of benzene rings is 2. The summed E-state index contributed by atoms with van der Waals surface area (Å²) >= 11 is 6.33. The number of pyridine rings is 1. The van der Waals surface area contributed by atoms with Crippen molar-refractivity contribution < 1.29 is 9.84 Å². The summed E-state index contributed by atoms with van der Waals surface area (Å²) in [7, 11) is 0. The molecular formula is C22H20ClN3O2. The number of anilines is 1. The van der Waals surface area contributed by atoms with Crippen LogP contribution in [0.4, 0.5) is 5.69 Å². The summed E-state index contributed by atoms with van der Waals surface area (Å²) in [6.07, 6.45) is 5.24. The molecule has 0 aliphatic rings. The van der Waals surface area contributed by atoms with Crippen LogP contribution >= 0.6 is 11.6 Å². The third kappa shape index (κ3) is 3.81. The van der Waals surface area contributed by atoms with Gasteiger partial charge in [-0.15, -0.1) is 0 Å². The minimum absolute atomic E-state index is 0.00338. The van der Waals surface area contributed by atoms with Gasteiger partial charge in [-0.1, -0.05) is 41.9 Å². The number of aromatic nitrogens is 2. The number of nitrogens with zero attached hydrogens (tertiary/aromatic N) is 3. The first-order valence-electron chi connectivity index (χ1n) is 9.02. The third-order valence-electron chi connectivity index (χ3n) is 4.49. The Balaban J connectivity index is 1.62. The summed E-state index contributed by atoms with van der Waals surface area (Å²) in [5, 5.41) is 13.0. The zero-order valence-corrected chi connectivity index (χ0v) is 16.0. The van der Waals surface area contributed by atoms with Gasteiger partial charge in [0.15, 0.2) is 0 Å². The number of aliphatic hydroxyl groups excluding tert-OH is 1. The molecule has 0 atom stereocenters. The van der Waals surface area contributed by atoms with Crippen molar-refractivity contribution in [3.05, 3.63) is 89.8 Å². The van der Waals surface area contributed by atoms with Crippen molar-refractivity contribution in [2.24, 2.45) is 0 Å². The molecule has 0 aliphatic heterocycles. The van der Waals surface area contributed by atoms with E-state index >= 15 is 0 Å². The quantitative estimate of drug-likeness (QED) is 0.501. The summed E-state index contributed by atoms with van der Waals surface area (Å²) in [4.78, 5) is 4.04. The van der Waals surface area contributed by atoms with Crippen LogP contribution in [-0.4, -0.2) is 27.9 Å². The predicted octanol–water partition coefficient (Wildman–Crippen LogP) is 4.53.